The largest absolute Gasteiger partial charge is 0.489 e. The molecule has 1 heterocycles. The highest BCUT2D eigenvalue weighted by molar-refractivity contribution is 5.92. The minimum absolute atomic E-state index is 0.101. The van der Waals surface area contributed by atoms with Crippen molar-refractivity contribution in [2.75, 3.05) is 25.0 Å². The molecule has 2 rings (SSSR count). The van der Waals surface area contributed by atoms with Crippen LogP contribution in [0.15, 0.2) is 36.4 Å². The van der Waals surface area contributed by atoms with Crippen molar-refractivity contribution in [3.8, 4) is 5.75 Å². The fraction of sp³-hybridized carbons (Fsp3) is 0.438. The normalized spacial score (nSPS) is 15.7. The number of carbonyl (C=O) groups excluding carboxylic acids is 1. The van der Waals surface area contributed by atoms with Crippen LogP contribution in [-0.4, -0.2) is 25.6 Å². The molecule has 0 atom stereocenters. The van der Waals surface area contributed by atoms with Crippen molar-refractivity contribution in [2.24, 2.45) is 5.92 Å². The van der Waals surface area contributed by atoms with E-state index in [1.54, 1.807) is 0 Å². The van der Waals surface area contributed by atoms with E-state index in [0.29, 0.717) is 6.61 Å². The highest BCUT2D eigenvalue weighted by Gasteiger charge is 2.20. The molecule has 0 saturated carbocycles. The second-order valence-electron chi connectivity index (χ2n) is 5.29. The quantitative estimate of drug-likeness (QED) is 0.811. The lowest BCUT2D eigenvalue weighted by molar-refractivity contribution is -0.120. The van der Waals surface area contributed by atoms with Crippen molar-refractivity contribution >= 4 is 11.6 Å². The standard InChI is InChI=1S/C16H22N2O2/c1-12(2)11-20-15-5-3-4-14(10-15)18-16(19)13-6-8-17-9-7-13/h3-5,10,13,17H,1,6-9,11H2,2H3,(H,18,19). The summed E-state index contributed by atoms with van der Waals surface area (Å²) in [6.45, 7) is 8.05. The van der Waals surface area contributed by atoms with Crippen LogP contribution in [0.3, 0.4) is 0 Å². The van der Waals surface area contributed by atoms with Gasteiger partial charge in [0.15, 0.2) is 0 Å². The zero-order chi connectivity index (χ0) is 14.4. The van der Waals surface area contributed by atoms with Crippen LogP contribution in [0, 0.1) is 5.92 Å². The molecule has 1 aliphatic heterocycles. The van der Waals surface area contributed by atoms with E-state index in [-0.39, 0.29) is 11.8 Å². The molecule has 20 heavy (non-hydrogen) atoms. The van der Waals surface area contributed by atoms with Gasteiger partial charge in [0.05, 0.1) is 0 Å². The second kappa shape index (κ2) is 7.10. The Bertz CT molecular complexity index is 479. The number of nitrogens with one attached hydrogen (secondary N) is 2. The number of hydrogen-bond acceptors (Lipinski definition) is 3. The molecule has 0 radical (unpaired) electrons. The molecule has 0 unspecified atom stereocenters. The summed E-state index contributed by atoms with van der Waals surface area (Å²) in [6.07, 6.45) is 1.80. The zero-order valence-corrected chi connectivity index (χ0v) is 11.9. The number of benzene rings is 1. The molecule has 4 heteroatoms. The summed E-state index contributed by atoms with van der Waals surface area (Å²) in [5.74, 6) is 0.955. The van der Waals surface area contributed by atoms with Gasteiger partial charge in [-0.05, 0) is 50.6 Å². The van der Waals surface area contributed by atoms with Gasteiger partial charge in [0.25, 0.3) is 0 Å². The predicted molar refractivity (Wildman–Crippen MR) is 81.0 cm³/mol. The van der Waals surface area contributed by atoms with Crippen LogP contribution in [0.5, 0.6) is 5.75 Å². The molecule has 1 aromatic rings. The smallest absolute Gasteiger partial charge is 0.227 e. The first-order valence-electron chi connectivity index (χ1n) is 7.04. The van der Waals surface area contributed by atoms with Crippen molar-refractivity contribution in [1.82, 2.24) is 5.32 Å². The van der Waals surface area contributed by atoms with Gasteiger partial charge in [-0.3, -0.25) is 4.79 Å². The fourth-order valence-corrected chi connectivity index (χ4v) is 2.20. The van der Waals surface area contributed by atoms with Gasteiger partial charge in [-0.15, -0.1) is 0 Å². The SMILES string of the molecule is C=C(C)COc1cccc(NC(=O)C2CCNCC2)c1. The van der Waals surface area contributed by atoms with E-state index in [9.17, 15) is 4.79 Å². The first-order chi connectivity index (χ1) is 9.65. The van der Waals surface area contributed by atoms with Gasteiger partial charge >= 0.3 is 0 Å². The average molecular weight is 274 g/mol. The Morgan fingerprint density at radius 3 is 2.90 bits per heavy atom. The molecule has 108 valence electrons. The van der Waals surface area contributed by atoms with E-state index in [1.165, 1.54) is 0 Å². The van der Waals surface area contributed by atoms with Gasteiger partial charge in [0.1, 0.15) is 12.4 Å². The molecule has 0 aliphatic carbocycles. The first kappa shape index (κ1) is 14.6. The van der Waals surface area contributed by atoms with Crippen LogP contribution in [0.1, 0.15) is 19.8 Å². The number of rotatable bonds is 5. The van der Waals surface area contributed by atoms with Crippen molar-refractivity contribution in [2.45, 2.75) is 19.8 Å². The van der Waals surface area contributed by atoms with Gasteiger partial charge in [0.2, 0.25) is 5.91 Å². The Balaban J connectivity index is 1.93. The van der Waals surface area contributed by atoms with Gasteiger partial charge in [-0.25, -0.2) is 0 Å². The summed E-state index contributed by atoms with van der Waals surface area (Å²) in [5.41, 5.74) is 1.75. The van der Waals surface area contributed by atoms with Gasteiger partial charge in [-0.1, -0.05) is 12.6 Å². The van der Waals surface area contributed by atoms with Gasteiger partial charge < -0.3 is 15.4 Å². The van der Waals surface area contributed by atoms with Crippen molar-refractivity contribution in [3.63, 3.8) is 0 Å². The Hall–Kier alpha value is -1.81. The molecular formula is C16H22N2O2. The van der Waals surface area contributed by atoms with Crippen LogP contribution >= 0.6 is 0 Å². The minimum atomic E-state index is 0.101. The highest BCUT2D eigenvalue weighted by atomic mass is 16.5. The molecule has 1 saturated heterocycles. The van der Waals surface area contributed by atoms with Crippen molar-refractivity contribution in [1.29, 1.82) is 0 Å². The fourth-order valence-electron chi connectivity index (χ4n) is 2.20. The van der Waals surface area contributed by atoms with Crippen LogP contribution in [0.4, 0.5) is 5.69 Å². The summed E-state index contributed by atoms with van der Waals surface area (Å²) >= 11 is 0. The topological polar surface area (TPSA) is 50.4 Å². The maximum absolute atomic E-state index is 12.2. The summed E-state index contributed by atoms with van der Waals surface area (Å²) < 4.78 is 5.57. The molecule has 1 amide bonds. The maximum Gasteiger partial charge on any atom is 0.227 e. The number of piperidine rings is 1. The third-order valence-electron chi connectivity index (χ3n) is 3.30. The third kappa shape index (κ3) is 4.38. The Morgan fingerprint density at radius 2 is 2.20 bits per heavy atom. The van der Waals surface area contributed by atoms with E-state index in [2.05, 4.69) is 17.2 Å². The molecule has 2 N–H and O–H groups in total. The number of amides is 1. The lowest BCUT2D eigenvalue weighted by Gasteiger charge is -2.21. The predicted octanol–water partition coefficient (Wildman–Crippen LogP) is 2.58. The Kier molecular flexibility index (Phi) is 5.18. The summed E-state index contributed by atoms with van der Waals surface area (Å²) in [7, 11) is 0. The summed E-state index contributed by atoms with van der Waals surface area (Å²) in [5, 5.41) is 6.23. The molecule has 1 aromatic carbocycles. The number of hydrogen-bond donors (Lipinski definition) is 2. The number of anilines is 1. The Morgan fingerprint density at radius 1 is 1.45 bits per heavy atom. The lowest BCUT2D eigenvalue weighted by Crippen LogP contribution is -2.34. The van der Waals surface area contributed by atoms with E-state index < -0.39 is 0 Å². The first-order valence-corrected chi connectivity index (χ1v) is 7.04. The zero-order valence-electron chi connectivity index (χ0n) is 11.9. The molecule has 0 bridgehead atoms. The van der Waals surface area contributed by atoms with Crippen LogP contribution < -0.4 is 15.4 Å². The van der Waals surface area contributed by atoms with E-state index in [0.717, 1.165) is 42.9 Å². The van der Waals surface area contributed by atoms with Crippen molar-refractivity contribution < 1.29 is 9.53 Å². The summed E-state index contributed by atoms with van der Waals surface area (Å²) in [6, 6.07) is 7.49. The Labute approximate surface area is 120 Å². The second-order valence-corrected chi connectivity index (χ2v) is 5.29. The van der Waals surface area contributed by atoms with Crippen LogP contribution in [0.2, 0.25) is 0 Å². The van der Waals surface area contributed by atoms with E-state index in [4.69, 9.17) is 4.74 Å². The number of ether oxygens (including phenoxy) is 1. The van der Waals surface area contributed by atoms with Gasteiger partial charge in [-0.2, -0.15) is 0 Å². The maximum atomic E-state index is 12.2. The molecular weight excluding hydrogens is 252 g/mol. The van der Waals surface area contributed by atoms with E-state index in [1.807, 2.05) is 31.2 Å². The monoisotopic (exact) mass is 274 g/mol. The summed E-state index contributed by atoms with van der Waals surface area (Å²) in [4.78, 5) is 12.2. The lowest BCUT2D eigenvalue weighted by atomic mass is 9.97. The molecule has 4 nitrogen and oxygen atoms in total. The average Bonchev–Trinajstić information content (AvgIpc) is 2.46. The molecule has 1 aliphatic rings. The highest BCUT2D eigenvalue weighted by Crippen LogP contribution is 2.20. The molecule has 0 spiro atoms. The van der Waals surface area contributed by atoms with Gasteiger partial charge in [0, 0.05) is 17.7 Å². The van der Waals surface area contributed by atoms with Crippen LogP contribution in [-0.2, 0) is 4.79 Å². The minimum Gasteiger partial charge on any atom is -0.489 e. The molecule has 0 aromatic heterocycles. The van der Waals surface area contributed by atoms with E-state index >= 15 is 0 Å². The van der Waals surface area contributed by atoms with Crippen LogP contribution in [0.25, 0.3) is 0 Å². The third-order valence-corrected chi connectivity index (χ3v) is 3.30. The molecule has 1 fully saturated rings. The van der Waals surface area contributed by atoms with Crippen molar-refractivity contribution in [3.05, 3.63) is 36.4 Å². The number of carbonyl (C=O) groups is 1.